The Morgan fingerprint density at radius 3 is 2.67 bits per heavy atom. The van der Waals surface area contributed by atoms with E-state index < -0.39 is 0 Å². The van der Waals surface area contributed by atoms with Crippen LogP contribution in [0.3, 0.4) is 0 Å². The van der Waals surface area contributed by atoms with Crippen LogP contribution in [0.1, 0.15) is 79.1 Å². The number of allylic oxidation sites excluding steroid dienone is 4. The van der Waals surface area contributed by atoms with Crippen molar-refractivity contribution in [2.24, 2.45) is 10.8 Å². The van der Waals surface area contributed by atoms with Crippen LogP contribution in [0, 0.1) is 10.8 Å². The minimum absolute atomic E-state index is 0.455. The molecule has 0 bridgehead atoms. The lowest BCUT2D eigenvalue weighted by atomic mass is 9.76. The zero-order valence-corrected chi connectivity index (χ0v) is 12.8. The standard InChI is InChI=1S/C18H30/c1-5-15-7-6-10-18(11-8-15)12-9-16(14-18)13-17(2,3)4/h5,9H,6-8,10-14H2,1-4H3. The van der Waals surface area contributed by atoms with Gasteiger partial charge < -0.3 is 0 Å². The Hall–Kier alpha value is -0.520. The Balaban J connectivity index is 1.96. The van der Waals surface area contributed by atoms with Gasteiger partial charge in [0.25, 0.3) is 0 Å². The van der Waals surface area contributed by atoms with Crippen molar-refractivity contribution in [1.29, 1.82) is 0 Å². The monoisotopic (exact) mass is 246 g/mol. The molecule has 0 radical (unpaired) electrons. The zero-order valence-electron chi connectivity index (χ0n) is 12.8. The van der Waals surface area contributed by atoms with E-state index in [1.165, 1.54) is 51.4 Å². The van der Waals surface area contributed by atoms with Gasteiger partial charge in [0.2, 0.25) is 0 Å². The van der Waals surface area contributed by atoms with Crippen molar-refractivity contribution in [1.82, 2.24) is 0 Å². The van der Waals surface area contributed by atoms with Crippen LogP contribution in [0.2, 0.25) is 0 Å². The lowest BCUT2D eigenvalue weighted by Gasteiger charge is -2.29. The van der Waals surface area contributed by atoms with Crippen LogP contribution in [-0.2, 0) is 0 Å². The molecular weight excluding hydrogens is 216 g/mol. The Morgan fingerprint density at radius 1 is 1.22 bits per heavy atom. The molecule has 0 amide bonds. The summed E-state index contributed by atoms with van der Waals surface area (Å²) in [6.07, 6.45) is 16.0. The average molecular weight is 246 g/mol. The Morgan fingerprint density at radius 2 is 2.00 bits per heavy atom. The molecule has 0 aromatic rings. The summed E-state index contributed by atoms with van der Waals surface area (Å²) in [6, 6.07) is 0. The van der Waals surface area contributed by atoms with Gasteiger partial charge in [-0.1, -0.05) is 44.1 Å². The fraction of sp³-hybridized carbons (Fsp3) is 0.778. The first kappa shape index (κ1) is 13.9. The minimum Gasteiger partial charge on any atom is -0.0885 e. The third kappa shape index (κ3) is 3.49. The van der Waals surface area contributed by atoms with Crippen molar-refractivity contribution in [2.75, 3.05) is 0 Å². The second-order valence-electron chi connectivity index (χ2n) is 7.78. The van der Waals surface area contributed by atoms with E-state index in [4.69, 9.17) is 0 Å². The molecule has 0 N–H and O–H groups in total. The fourth-order valence-corrected chi connectivity index (χ4v) is 3.84. The van der Waals surface area contributed by atoms with Gasteiger partial charge in [-0.25, -0.2) is 0 Å². The molecule has 1 spiro atoms. The van der Waals surface area contributed by atoms with Gasteiger partial charge in [0.05, 0.1) is 0 Å². The van der Waals surface area contributed by atoms with E-state index in [0.717, 1.165) is 0 Å². The van der Waals surface area contributed by atoms with Gasteiger partial charge in [0, 0.05) is 0 Å². The molecule has 1 fully saturated rings. The van der Waals surface area contributed by atoms with Crippen molar-refractivity contribution in [3.8, 4) is 0 Å². The second kappa shape index (κ2) is 5.23. The maximum Gasteiger partial charge on any atom is -0.0223 e. The van der Waals surface area contributed by atoms with Crippen LogP contribution in [0.5, 0.6) is 0 Å². The van der Waals surface area contributed by atoms with E-state index in [-0.39, 0.29) is 0 Å². The van der Waals surface area contributed by atoms with Crippen LogP contribution >= 0.6 is 0 Å². The van der Waals surface area contributed by atoms with Crippen LogP contribution < -0.4 is 0 Å². The summed E-state index contributed by atoms with van der Waals surface area (Å²) in [6.45, 7) is 9.31. The van der Waals surface area contributed by atoms with Gasteiger partial charge in [0.1, 0.15) is 0 Å². The molecule has 0 saturated heterocycles. The second-order valence-corrected chi connectivity index (χ2v) is 7.78. The van der Waals surface area contributed by atoms with Gasteiger partial charge in [0.15, 0.2) is 0 Å². The highest BCUT2D eigenvalue weighted by atomic mass is 14.4. The van der Waals surface area contributed by atoms with E-state index in [1.54, 1.807) is 11.1 Å². The SMILES string of the molecule is CC=C1CCCC2(CC=C(CC(C)(C)C)C2)CC1. The molecular formula is C18H30. The van der Waals surface area contributed by atoms with Crippen LogP contribution in [0.4, 0.5) is 0 Å². The van der Waals surface area contributed by atoms with E-state index in [2.05, 4.69) is 39.8 Å². The van der Waals surface area contributed by atoms with E-state index in [9.17, 15) is 0 Å². The van der Waals surface area contributed by atoms with E-state index >= 15 is 0 Å². The highest BCUT2D eigenvalue weighted by Gasteiger charge is 2.35. The summed E-state index contributed by atoms with van der Waals surface area (Å²) >= 11 is 0. The quantitative estimate of drug-likeness (QED) is 0.495. The maximum atomic E-state index is 2.58. The Labute approximate surface area is 114 Å². The van der Waals surface area contributed by atoms with Gasteiger partial charge in [-0.2, -0.15) is 0 Å². The first-order valence-corrected chi connectivity index (χ1v) is 7.74. The fourth-order valence-electron chi connectivity index (χ4n) is 3.84. The molecule has 0 aliphatic heterocycles. The minimum atomic E-state index is 0.455. The molecule has 1 saturated carbocycles. The van der Waals surface area contributed by atoms with Gasteiger partial charge in [-0.15, -0.1) is 0 Å². The summed E-state index contributed by atoms with van der Waals surface area (Å²) in [4.78, 5) is 0. The smallest absolute Gasteiger partial charge is 0.0223 e. The summed E-state index contributed by atoms with van der Waals surface area (Å²) in [5.74, 6) is 0. The summed E-state index contributed by atoms with van der Waals surface area (Å²) in [5, 5.41) is 0. The normalized spacial score (nSPS) is 31.8. The summed E-state index contributed by atoms with van der Waals surface area (Å²) in [5.41, 5.74) is 4.55. The van der Waals surface area contributed by atoms with Crippen LogP contribution in [0.15, 0.2) is 23.3 Å². The molecule has 0 heterocycles. The van der Waals surface area contributed by atoms with Crippen molar-refractivity contribution in [2.45, 2.75) is 79.1 Å². The lowest BCUT2D eigenvalue weighted by molar-refractivity contribution is 0.257. The topological polar surface area (TPSA) is 0 Å². The molecule has 1 atom stereocenters. The van der Waals surface area contributed by atoms with E-state index in [0.29, 0.717) is 10.8 Å². The molecule has 102 valence electrons. The third-order valence-corrected chi connectivity index (χ3v) is 4.77. The average Bonchev–Trinajstić information content (AvgIpc) is 2.54. The zero-order chi connectivity index (χ0) is 13.2. The molecule has 2 aliphatic rings. The number of hydrogen-bond acceptors (Lipinski definition) is 0. The summed E-state index contributed by atoms with van der Waals surface area (Å²) in [7, 11) is 0. The molecule has 0 nitrogen and oxygen atoms in total. The number of hydrogen-bond donors (Lipinski definition) is 0. The van der Waals surface area contributed by atoms with Crippen molar-refractivity contribution < 1.29 is 0 Å². The molecule has 0 aromatic carbocycles. The third-order valence-electron chi connectivity index (χ3n) is 4.77. The highest BCUT2D eigenvalue weighted by molar-refractivity contribution is 5.18. The molecule has 18 heavy (non-hydrogen) atoms. The van der Waals surface area contributed by atoms with Gasteiger partial charge >= 0.3 is 0 Å². The van der Waals surface area contributed by atoms with Crippen molar-refractivity contribution >= 4 is 0 Å². The van der Waals surface area contributed by atoms with Crippen LogP contribution in [0.25, 0.3) is 0 Å². The van der Waals surface area contributed by atoms with Crippen molar-refractivity contribution in [3.63, 3.8) is 0 Å². The van der Waals surface area contributed by atoms with Gasteiger partial charge in [-0.05, 0) is 69.1 Å². The predicted octanol–water partition coefficient (Wildman–Crippen LogP) is 6.04. The highest BCUT2D eigenvalue weighted by Crippen LogP contribution is 2.50. The lowest BCUT2D eigenvalue weighted by Crippen LogP contribution is -2.17. The number of rotatable bonds is 1. The predicted molar refractivity (Wildman–Crippen MR) is 80.7 cm³/mol. The molecule has 0 heteroatoms. The van der Waals surface area contributed by atoms with Crippen molar-refractivity contribution in [3.05, 3.63) is 23.3 Å². The van der Waals surface area contributed by atoms with E-state index in [1.807, 2.05) is 0 Å². The maximum absolute atomic E-state index is 2.58. The summed E-state index contributed by atoms with van der Waals surface area (Å²) < 4.78 is 0. The molecule has 2 aliphatic carbocycles. The van der Waals surface area contributed by atoms with Gasteiger partial charge in [-0.3, -0.25) is 0 Å². The molecule has 0 aromatic heterocycles. The first-order chi connectivity index (χ1) is 8.42. The molecule has 1 unspecified atom stereocenters. The Kier molecular flexibility index (Phi) is 4.04. The Bertz CT molecular complexity index is 351. The van der Waals surface area contributed by atoms with Crippen LogP contribution in [-0.4, -0.2) is 0 Å². The molecule has 2 rings (SSSR count). The largest absolute Gasteiger partial charge is 0.0885 e. The first-order valence-electron chi connectivity index (χ1n) is 7.74.